The van der Waals surface area contributed by atoms with Crippen LogP contribution in [-0.2, 0) is 0 Å². The molecule has 0 unspecified atom stereocenters. The minimum absolute atomic E-state index is 0.0640. The van der Waals surface area contributed by atoms with Gasteiger partial charge in [0.25, 0.3) is 0 Å². The summed E-state index contributed by atoms with van der Waals surface area (Å²) in [7, 11) is 0. The maximum atomic E-state index is 10.9. The smallest absolute Gasteiger partial charge is 0.312 e. The lowest BCUT2D eigenvalue weighted by molar-refractivity contribution is -0.385. The van der Waals surface area contributed by atoms with E-state index in [9.17, 15) is 10.1 Å². The second kappa shape index (κ2) is 5.59. The summed E-state index contributed by atoms with van der Waals surface area (Å²) >= 11 is 3.20. The van der Waals surface area contributed by atoms with Crippen LogP contribution in [0.4, 0.5) is 11.6 Å². The van der Waals surface area contributed by atoms with Crippen molar-refractivity contribution in [3.63, 3.8) is 0 Å². The van der Waals surface area contributed by atoms with E-state index < -0.39 is 4.92 Å². The highest BCUT2D eigenvalue weighted by Crippen LogP contribution is 2.37. The van der Waals surface area contributed by atoms with Crippen molar-refractivity contribution in [3.8, 4) is 11.6 Å². The van der Waals surface area contributed by atoms with E-state index in [1.54, 1.807) is 12.1 Å². The van der Waals surface area contributed by atoms with Gasteiger partial charge in [0.05, 0.1) is 9.40 Å². The largest absolute Gasteiger partial charge is 0.430 e. The lowest BCUT2D eigenvalue weighted by atomic mass is 10.3. The van der Waals surface area contributed by atoms with Crippen molar-refractivity contribution in [3.05, 3.63) is 45.0 Å². The summed E-state index contributed by atoms with van der Waals surface area (Å²) in [4.78, 5) is 18.1. The summed E-state index contributed by atoms with van der Waals surface area (Å²) in [5, 5.41) is 10.9. The molecule has 3 N–H and O–H groups in total. The zero-order valence-corrected chi connectivity index (χ0v) is 11.0. The van der Waals surface area contributed by atoms with Crippen LogP contribution in [0.1, 0.15) is 0 Å². The standard InChI is InChI=1S/C10H8BrN5O3/c11-6-2-1-3-7(16(17)18)9(6)19-8-4-5-13-10(14-8)15-12/h1-5H,12H2,(H,13,14,15). The Morgan fingerprint density at radius 2 is 2.21 bits per heavy atom. The summed E-state index contributed by atoms with van der Waals surface area (Å²) in [5.74, 6) is 5.52. The molecule has 1 heterocycles. The zero-order valence-electron chi connectivity index (χ0n) is 9.41. The minimum Gasteiger partial charge on any atom is -0.430 e. The Kier molecular flexibility index (Phi) is 3.88. The number of aromatic nitrogens is 2. The van der Waals surface area contributed by atoms with E-state index in [1.165, 1.54) is 18.3 Å². The Balaban J connectivity index is 2.40. The molecule has 98 valence electrons. The van der Waals surface area contributed by atoms with Gasteiger partial charge in [0.1, 0.15) is 0 Å². The van der Waals surface area contributed by atoms with Crippen LogP contribution in [0.5, 0.6) is 11.6 Å². The lowest BCUT2D eigenvalue weighted by Gasteiger charge is -2.07. The number of nitro groups is 1. The van der Waals surface area contributed by atoms with E-state index in [2.05, 4.69) is 31.3 Å². The number of nitrogens with one attached hydrogen (secondary N) is 1. The predicted molar refractivity (Wildman–Crippen MR) is 70.7 cm³/mol. The average molecular weight is 326 g/mol. The summed E-state index contributed by atoms with van der Waals surface area (Å²) in [5.41, 5.74) is 2.09. The maximum Gasteiger partial charge on any atom is 0.312 e. The van der Waals surface area contributed by atoms with Crippen molar-refractivity contribution in [1.82, 2.24) is 9.97 Å². The molecule has 0 saturated heterocycles. The third-order valence-corrected chi connectivity index (χ3v) is 2.73. The number of rotatable bonds is 4. The van der Waals surface area contributed by atoms with E-state index in [0.717, 1.165) is 0 Å². The lowest BCUT2D eigenvalue weighted by Crippen LogP contribution is -2.10. The number of hydrogen-bond donors (Lipinski definition) is 2. The Bertz CT molecular complexity index is 622. The van der Waals surface area contributed by atoms with E-state index in [-0.39, 0.29) is 23.3 Å². The number of hydrazine groups is 1. The van der Waals surface area contributed by atoms with Crippen molar-refractivity contribution in [2.75, 3.05) is 5.43 Å². The molecular weight excluding hydrogens is 318 g/mol. The first-order valence-corrected chi connectivity index (χ1v) is 5.81. The van der Waals surface area contributed by atoms with Crippen LogP contribution in [0.15, 0.2) is 34.9 Å². The molecule has 0 saturated carbocycles. The van der Waals surface area contributed by atoms with Crippen LogP contribution in [0.25, 0.3) is 0 Å². The molecule has 0 atom stereocenters. The Morgan fingerprint density at radius 1 is 1.42 bits per heavy atom. The van der Waals surface area contributed by atoms with Crippen molar-refractivity contribution in [2.45, 2.75) is 0 Å². The van der Waals surface area contributed by atoms with Gasteiger partial charge in [-0.2, -0.15) is 4.98 Å². The van der Waals surface area contributed by atoms with Gasteiger partial charge in [-0.25, -0.2) is 10.8 Å². The van der Waals surface area contributed by atoms with E-state index >= 15 is 0 Å². The van der Waals surface area contributed by atoms with E-state index in [1.807, 2.05) is 0 Å². The number of anilines is 1. The fourth-order valence-corrected chi connectivity index (χ4v) is 1.75. The second-order valence-corrected chi connectivity index (χ2v) is 4.16. The molecule has 19 heavy (non-hydrogen) atoms. The third kappa shape index (κ3) is 2.95. The highest BCUT2D eigenvalue weighted by Gasteiger charge is 2.19. The van der Waals surface area contributed by atoms with Gasteiger partial charge in [0, 0.05) is 18.3 Å². The molecule has 0 fully saturated rings. The molecule has 0 amide bonds. The van der Waals surface area contributed by atoms with Crippen LogP contribution >= 0.6 is 15.9 Å². The van der Waals surface area contributed by atoms with Gasteiger partial charge in [0.15, 0.2) is 0 Å². The number of ether oxygens (including phenoxy) is 1. The Labute approximate surface area is 115 Å². The Hall–Kier alpha value is -2.26. The average Bonchev–Trinajstić information content (AvgIpc) is 2.41. The summed E-state index contributed by atoms with van der Waals surface area (Å²) < 4.78 is 5.86. The van der Waals surface area contributed by atoms with Crippen LogP contribution in [0, 0.1) is 10.1 Å². The van der Waals surface area contributed by atoms with Gasteiger partial charge in [0.2, 0.25) is 17.6 Å². The molecule has 0 aliphatic rings. The summed E-state index contributed by atoms with van der Waals surface area (Å²) in [6, 6.07) is 5.97. The fourth-order valence-electron chi connectivity index (χ4n) is 1.32. The first-order valence-electron chi connectivity index (χ1n) is 5.02. The number of nitrogens with two attached hydrogens (primary N) is 1. The second-order valence-electron chi connectivity index (χ2n) is 3.31. The fraction of sp³-hybridized carbons (Fsp3) is 0. The number of hydrogen-bond acceptors (Lipinski definition) is 7. The molecule has 8 nitrogen and oxygen atoms in total. The van der Waals surface area contributed by atoms with Crippen molar-refractivity contribution < 1.29 is 9.66 Å². The van der Waals surface area contributed by atoms with Gasteiger partial charge in [-0.3, -0.25) is 15.5 Å². The molecular formula is C10H8BrN5O3. The molecule has 9 heteroatoms. The summed E-state index contributed by atoms with van der Waals surface area (Å²) in [6.45, 7) is 0. The highest BCUT2D eigenvalue weighted by atomic mass is 79.9. The molecule has 0 radical (unpaired) electrons. The number of nitro benzene ring substituents is 1. The van der Waals surface area contributed by atoms with Crippen molar-refractivity contribution in [2.24, 2.45) is 5.84 Å². The number of nitrogen functional groups attached to an aromatic ring is 1. The molecule has 0 aliphatic heterocycles. The first-order chi connectivity index (χ1) is 9.11. The Morgan fingerprint density at radius 3 is 2.89 bits per heavy atom. The number of benzene rings is 1. The number of halogens is 1. The molecule has 1 aromatic heterocycles. The van der Waals surface area contributed by atoms with Gasteiger partial charge in [-0.15, -0.1) is 0 Å². The topological polar surface area (TPSA) is 116 Å². The highest BCUT2D eigenvalue weighted by molar-refractivity contribution is 9.10. The minimum atomic E-state index is -0.538. The van der Waals surface area contributed by atoms with Crippen molar-refractivity contribution >= 4 is 27.6 Å². The van der Waals surface area contributed by atoms with E-state index in [4.69, 9.17) is 10.6 Å². The molecule has 2 rings (SSSR count). The zero-order chi connectivity index (χ0) is 13.8. The van der Waals surface area contributed by atoms with Crippen LogP contribution in [0.3, 0.4) is 0 Å². The maximum absolute atomic E-state index is 10.9. The quantitative estimate of drug-likeness (QED) is 0.502. The molecule has 0 bridgehead atoms. The normalized spacial score (nSPS) is 10.0. The molecule has 0 spiro atoms. The monoisotopic (exact) mass is 325 g/mol. The third-order valence-electron chi connectivity index (χ3n) is 2.11. The molecule has 2 aromatic rings. The van der Waals surface area contributed by atoms with Gasteiger partial charge in [-0.05, 0) is 22.0 Å². The predicted octanol–water partition coefficient (Wildman–Crippen LogP) is 2.23. The molecule has 0 aliphatic carbocycles. The number of nitrogens with zero attached hydrogens (tertiary/aromatic N) is 3. The SMILES string of the molecule is NNc1nccc(Oc2c(Br)cccc2[N+](=O)[O-])n1. The first kappa shape index (κ1) is 13.2. The van der Waals surface area contributed by atoms with Crippen LogP contribution in [-0.4, -0.2) is 14.9 Å². The van der Waals surface area contributed by atoms with Gasteiger partial charge >= 0.3 is 5.69 Å². The van der Waals surface area contributed by atoms with Crippen LogP contribution in [0.2, 0.25) is 0 Å². The van der Waals surface area contributed by atoms with E-state index in [0.29, 0.717) is 4.47 Å². The van der Waals surface area contributed by atoms with Gasteiger partial charge in [-0.1, -0.05) is 6.07 Å². The van der Waals surface area contributed by atoms with Gasteiger partial charge < -0.3 is 4.74 Å². The molecule has 1 aromatic carbocycles. The van der Waals surface area contributed by atoms with Crippen LogP contribution < -0.4 is 16.0 Å². The summed E-state index contributed by atoms with van der Waals surface area (Å²) in [6.07, 6.45) is 1.42. The van der Waals surface area contributed by atoms with Crippen molar-refractivity contribution in [1.29, 1.82) is 0 Å². The number of para-hydroxylation sites is 1.